The molecule has 1 saturated carbocycles. The SMILES string of the molecule is O=C(C1CC1)N1CCCC[C@@H]1C1=CCCN(CCN2CCOCC2)C1. The van der Waals surface area contributed by atoms with Crippen molar-refractivity contribution in [3.05, 3.63) is 11.6 Å². The van der Waals surface area contributed by atoms with E-state index in [0.717, 1.165) is 78.3 Å². The van der Waals surface area contributed by atoms with E-state index in [2.05, 4.69) is 20.8 Å². The van der Waals surface area contributed by atoms with Gasteiger partial charge in [0.25, 0.3) is 0 Å². The summed E-state index contributed by atoms with van der Waals surface area (Å²) in [5, 5.41) is 0. The van der Waals surface area contributed by atoms with Gasteiger partial charge in [-0.3, -0.25) is 14.6 Å². The van der Waals surface area contributed by atoms with Crippen LogP contribution in [-0.2, 0) is 9.53 Å². The Kier molecular flexibility index (Phi) is 5.73. The van der Waals surface area contributed by atoms with E-state index < -0.39 is 0 Å². The summed E-state index contributed by atoms with van der Waals surface area (Å²) in [4.78, 5) is 20.0. The first-order valence-electron chi connectivity index (χ1n) is 10.3. The molecule has 1 atom stereocenters. The van der Waals surface area contributed by atoms with Crippen LogP contribution in [0.2, 0.25) is 0 Å². The van der Waals surface area contributed by atoms with E-state index in [-0.39, 0.29) is 0 Å². The van der Waals surface area contributed by atoms with Crippen LogP contribution in [0, 0.1) is 5.92 Å². The monoisotopic (exact) mass is 347 g/mol. The zero-order valence-electron chi connectivity index (χ0n) is 15.5. The fourth-order valence-electron chi connectivity index (χ4n) is 4.52. The van der Waals surface area contributed by atoms with E-state index in [0.29, 0.717) is 17.9 Å². The van der Waals surface area contributed by atoms with E-state index in [1.165, 1.54) is 24.8 Å². The van der Waals surface area contributed by atoms with Gasteiger partial charge in [0.15, 0.2) is 0 Å². The minimum absolute atomic E-state index is 0.349. The van der Waals surface area contributed by atoms with Gasteiger partial charge < -0.3 is 9.64 Å². The van der Waals surface area contributed by atoms with E-state index in [1.54, 1.807) is 0 Å². The van der Waals surface area contributed by atoms with Crippen LogP contribution in [0.3, 0.4) is 0 Å². The maximum atomic E-state index is 12.7. The summed E-state index contributed by atoms with van der Waals surface area (Å²) in [7, 11) is 0. The Morgan fingerprint density at radius 3 is 2.60 bits per heavy atom. The van der Waals surface area contributed by atoms with Crippen LogP contribution in [0.4, 0.5) is 0 Å². The van der Waals surface area contributed by atoms with Gasteiger partial charge in [-0.25, -0.2) is 0 Å². The smallest absolute Gasteiger partial charge is 0.226 e. The molecule has 1 aliphatic carbocycles. The molecule has 140 valence electrons. The Hall–Kier alpha value is -0.910. The molecule has 0 aromatic carbocycles. The van der Waals surface area contributed by atoms with E-state index in [9.17, 15) is 4.79 Å². The highest BCUT2D eigenvalue weighted by molar-refractivity contribution is 5.81. The number of hydrogen-bond donors (Lipinski definition) is 0. The van der Waals surface area contributed by atoms with Gasteiger partial charge in [0, 0.05) is 51.7 Å². The van der Waals surface area contributed by atoms with Crippen molar-refractivity contribution in [2.45, 2.75) is 44.6 Å². The second kappa shape index (κ2) is 8.19. The van der Waals surface area contributed by atoms with Gasteiger partial charge in [-0.05, 0) is 44.1 Å². The third kappa shape index (κ3) is 4.44. The molecule has 2 saturated heterocycles. The predicted octanol–water partition coefficient (Wildman–Crippen LogP) is 1.74. The standard InChI is InChI=1S/C20H33N3O2/c24-20(17-6-7-17)23-9-2-1-5-19(23)18-4-3-8-22(16-18)11-10-21-12-14-25-15-13-21/h4,17,19H,1-3,5-16H2/t19-/m1/s1. The third-order valence-corrected chi connectivity index (χ3v) is 6.23. The number of hydrogen-bond acceptors (Lipinski definition) is 4. The topological polar surface area (TPSA) is 36.0 Å². The third-order valence-electron chi connectivity index (χ3n) is 6.23. The van der Waals surface area contributed by atoms with Crippen molar-refractivity contribution in [1.82, 2.24) is 14.7 Å². The second-order valence-corrected chi connectivity index (χ2v) is 8.12. The first kappa shape index (κ1) is 17.5. The van der Waals surface area contributed by atoms with Crippen molar-refractivity contribution in [3.63, 3.8) is 0 Å². The Morgan fingerprint density at radius 1 is 1.00 bits per heavy atom. The van der Waals surface area contributed by atoms with E-state index in [4.69, 9.17) is 4.74 Å². The largest absolute Gasteiger partial charge is 0.379 e. The van der Waals surface area contributed by atoms with Gasteiger partial charge in [-0.1, -0.05) is 6.08 Å². The van der Waals surface area contributed by atoms with Crippen LogP contribution in [0.15, 0.2) is 11.6 Å². The lowest BCUT2D eigenvalue weighted by Gasteiger charge is -2.41. The van der Waals surface area contributed by atoms with Gasteiger partial charge >= 0.3 is 0 Å². The lowest BCUT2D eigenvalue weighted by atomic mass is 9.92. The Balaban J connectivity index is 1.32. The summed E-state index contributed by atoms with van der Waals surface area (Å²) in [6, 6.07) is 0.382. The van der Waals surface area contributed by atoms with Crippen molar-refractivity contribution in [1.29, 1.82) is 0 Å². The van der Waals surface area contributed by atoms with Crippen LogP contribution in [0.1, 0.15) is 38.5 Å². The van der Waals surface area contributed by atoms with Crippen molar-refractivity contribution in [3.8, 4) is 0 Å². The molecule has 5 heteroatoms. The highest BCUT2D eigenvalue weighted by Crippen LogP contribution is 2.35. The van der Waals surface area contributed by atoms with Gasteiger partial charge in [-0.2, -0.15) is 0 Å². The fraction of sp³-hybridized carbons (Fsp3) is 0.850. The van der Waals surface area contributed by atoms with Crippen LogP contribution >= 0.6 is 0 Å². The molecule has 3 fully saturated rings. The molecule has 0 radical (unpaired) electrons. The number of nitrogens with zero attached hydrogens (tertiary/aromatic N) is 3. The maximum Gasteiger partial charge on any atom is 0.226 e. The Bertz CT molecular complexity index is 497. The molecule has 1 amide bonds. The molecule has 4 rings (SSSR count). The maximum absolute atomic E-state index is 12.7. The molecule has 25 heavy (non-hydrogen) atoms. The van der Waals surface area contributed by atoms with Crippen LogP contribution in [-0.4, -0.2) is 85.7 Å². The summed E-state index contributed by atoms with van der Waals surface area (Å²) in [6.45, 7) is 9.39. The second-order valence-electron chi connectivity index (χ2n) is 8.12. The number of likely N-dealkylation sites (tertiary alicyclic amines) is 1. The summed E-state index contributed by atoms with van der Waals surface area (Å²) in [6.07, 6.45) is 9.43. The normalized spacial score (nSPS) is 29.5. The highest BCUT2D eigenvalue weighted by Gasteiger charge is 2.38. The average Bonchev–Trinajstić information content (AvgIpc) is 3.52. The minimum atomic E-state index is 0.349. The Labute approximate surface area is 152 Å². The molecule has 0 aromatic heterocycles. The molecule has 0 unspecified atom stereocenters. The van der Waals surface area contributed by atoms with E-state index >= 15 is 0 Å². The molecule has 0 aromatic rings. The van der Waals surface area contributed by atoms with Gasteiger partial charge in [0.1, 0.15) is 0 Å². The molecule has 0 bridgehead atoms. The number of amides is 1. The number of carbonyl (C=O) groups is 1. The fourth-order valence-corrected chi connectivity index (χ4v) is 4.52. The van der Waals surface area contributed by atoms with E-state index in [1.807, 2.05) is 0 Å². The first-order valence-corrected chi connectivity index (χ1v) is 10.3. The number of rotatable bonds is 5. The van der Waals surface area contributed by atoms with Crippen LogP contribution < -0.4 is 0 Å². The average molecular weight is 348 g/mol. The first-order chi connectivity index (χ1) is 12.3. The van der Waals surface area contributed by atoms with Gasteiger partial charge in [-0.15, -0.1) is 0 Å². The summed E-state index contributed by atoms with van der Waals surface area (Å²) >= 11 is 0. The summed E-state index contributed by atoms with van der Waals surface area (Å²) in [5.41, 5.74) is 1.52. The summed E-state index contributed by atoms with van der Waals surface area (Å²) < 4.78 is 5.44. The summed E-state index contributed by atoms with van der Waals surface area (Å²) in [5.74, 6) is 0.790. The molecule has 0 N–H and O–H groups in total. The van der Waals surface area contributed by atoms with Crippen molar-refractivity contribution in [2.24, 2.45) is 5.92 Å². The van der Waals surface area contributed by atoms with Crippen molar-refractivity contribution >= 4 is 5.91 Å². The number of morpholine rings is 1. The molecule has 0 spiro atoms. The lowest BCUT2D eigenvalue weighted by molar-refractivity contribution is -0.135. The quantitative estimate of drug-likeness (QED) is 0.710. The van der Waals surface area contributed by atoms with Crippen LogP contribution in [0.25, 0.3) is 0 Å². The highest BCUT2D eigenvalue weighted by atomic mass is 16.5. The zero-order valence-corrected chi connectivity index (χ0v) is 15.5. The Morgan fingerprint density at radius 2 is 1.80 bits per heavy atom. The predicted molar refractivity (Wildman–Crippen MR) is 98.5 cm³/mol. The molecular weight excluding hydrogens is 314 g/mol. The molecule has 3 heterocycles. The number of ether oxygens (including phenoxy) is 1. The number of carbonyl (C=O) groups excluding carboxylic acids is 1. The molecule has 3 aliphatic heterocycles. The lowest BCUT2D eigenvalue weighted by Crippen LogP contribution is -2.49. The van der Waals surface area contributed by atoms with Gasteiger partial charge in [0.2, 0.25) is 5.91 Å². The molecular formula is C20H33N3O2. The minimum Gasteiger partial charge on any atom is -0.379 e. The molecule has 4 aliphatic rings. The number of piperidine rings is 1. The molecule has 5 nitrogen and oxygen atoms in total. The zero-order chi connectivity index (χ0) is 17.1. The van der Waals surface area contributed by atoms with Crippen molar-refractivity contribution in [2.75, 3.05) is 59.0 Å². The van der Waals surface area contributed by atoms with Crippen LogP contribution in [0.5, 0.6) is 0 Å². The van der Waals surface area contributed by atoms with Gasteiger partial charge in [0.05, 0.1) is 19.3 Å². The van der Waals surface area contributed by atoms with Crippen molar-refractivity contribution < 1.29 is 9.53 Å².